The summed E-state index contributed by atoms with van der Waals surface area (Å²) in [6, 6.07) is 5.23. The average Bonchev–Trinajstić information content (AvgIpc) is 2.84. The van der Waals surface area contributed by atoms with Crippen LogP contribution in [0.25, 0.3) is 0 Å². The van der Waals surface area contributed by atoms with Crippen molar-refractivity contribution in [2.45, 2.75) is 12.5 Å². The van der Waals surface area contributed by atoms with E-state index in [1.165, 1.54) is 0 Å². The summed E-state index contributed by atoms with van der Waals surface area (Å²) >= 11 is 11.7. The normalized spacial score (nSPS) is 19.4. The Hall–Kier alpha value is -0.770. The minimum atomic E-state index is -0.0164. The Balaban J connectivity index is 2.15. The fourth-order valence-electron chi connectivity index (χ4n) is 1.97. The van der Waals surface area contributed by atoms with Crippen molar-refractivity contribution < 1.29 is 4.79 Å². The number of benzene rings is 1. The van der Waals surface area contributed by atoms with E-state index >= 15 is 0 Å². The van der Waals surface area contributed by atoms with E-state index in [-0.39, 0.29) is 11.9 Å². The van der Waals surface area contributed by atoms with Crippen molar-refractivity contribution in [3.63, 3.8) is 0 Å². The average molecular weight is 273 g/mol. The van der Waals surface area contributed by atoms with Crippen LogP contribution in [-0.2, 0) is 0 Å². The van der Waals surface area contributed by atoms with Gasteiger partial charge in [-0.3, -0.25) is 4.79 Å². The van der Waals surface area contributed by atoms with Crippen LogP contribution in [0.4, 0.5) is 0 Å². The number of likely N-dealkylation sites (N-methyl/N-ethyl adjacent to an activating group) is 1. The Morgan fingerprint density at radius 2 is 2.18 bits per heavy atom. The van der Waals surface area contributed by atoms with Crippen LogP contribution in [0.3, 0.4) is 0 Å². The lowest BCUT2D eigenvalue weighted by atomic mass is 10.1. The number of nitrogens with zero attached hydrogens (tertiary/aromatic N) is 1. The topological polar surface area (TPSA) is 32.3 Å². The highest BCUT2D eigenvalue weighted by molar-refractivity contribution is 6.42. The number of nitrogens with one attached hydrogen (secondary N) is 1. The minimum absolute atomic E-state index is 0.0164. The molecule has 0 radical (unpaired) electrons. The first-order valence-electron chi connectivity index (χ1n) is 5.52. The summed E-state index contributed by atoms with van der Waals surface area (Å²) in [7, 11) is 1.82. The molecule has 1 amide bonds. The van der Waals surface area contributed by atoms with Gasteiger partial charge in [-0.05, 0) is 31.2 Å². The fraction of sp³-hybridized carbons (Fsp3) is 0.417. The first-order chi connectivity index (χ1) is 8.09. The van der Waals surface area contributed by atoms with Gasteiger partial charge in [0.2, 0.25) is 0 Å². The van der Waals surface area contributed by atoms with Gasteiger partial charge in [-0.2, -0.15) is 0 Å². The van der Waals surface area contributed by atoms with Crippen molar-refractivity contribution in [3.8, 4) is 0 Å². The summed E-state index contributed by atoms with van der Waals surface area (Å²) in [4.78, 5) is 14.0. The quantitative estimate of drug-likeness (QED) is 0.897. The largest absolute Gasteiger partial charge is 0.337 e. The van der Waals surface area contributed by atoms with E-state index < -0.39 is 0 Å². The Morgan fingerprint density at radius 3 is 2.76 bits per heavy atom. The molecule has 1 aliphatic heterocycles. The zero-order valence-corrected chi connectivity index (χ0v) is 11.1. The van der Waals surface area contributed by atoms with Gasteiger partial charge in [0, 0.05) is 25.2 Å². The van der Waals surface area contributed by atoms with Crippen molar-refractivity contribution in [1.29, 1.82) is 0 Å². The summed E-state index contributed by atoms with van der Waals surface area (Å²) in [5, 5.41) is 4.12. The van der Waals surface area contributed by atoms with E-state index in [0.29, 0.717) is 15.6 Å². The van der Waals surface area contributed by atoms with Crippen molar-refractivity contribution >= 4 is 29.1 Å². The summed E-state index contributed by atoms with van der Waals surface area (Å²) in [6.45, 7) is 1.81. The number of rotatable bonds is 2. The molecule has 0 aliphatic carbocycles. The van der Waals surface area contributed by atoms with Gasteiger partial charge in [0.15, 0.2) is 0 Å². The van der Waals surface area contributed by atoms with E-state index in [0.717, 1.165) is 19.5 Å². The summed E-state index contributed by atoms with van der Waals surface area (Å²) in [5.41, 5.74) is 0.578. The zero-order valence-electron chi connectivity index (χ0n) is 9.54. The molecular formula is C12H14Cl2N2O. The van der Waals surface area contributed by atoms with E-state index in [4.69, 9.17) is 23.2 Å². The van der Waals surface area contributed by atoms with E-state index in [1.807, 2.05) is 7.05 Å². The second-order valence-electron chi connectivity index (χ2n) is 4.19. The second kappa shape index (κ2) is 5.25. The lowest BCUT2D eigenvalue weighted by molar-refractivity contribution is 0.0744. The smallest absolute Gasteiger partial charge is 0.253 e. The number of carbonyl (C=O) groups is 1. The lowest BCUT2D eigenvalue weighted by Gasteiger charge is -2.23. The predicted octanol–water partition coefficient (Wildman–Crippen LogP) is 2.43. The number of hydrogen-bond donors (Lipinski definition) is 1. The molecule has 0 bridgehead atoms. The molecule has 1 aromatic carbocycles. The molecule has 92 valence electrons. The van der Waals surface area contributed by atoms with Crippen LogP contribution >= 0.6 is 23.2 Å². The zero-order chi connectivity index (χ0) is 12.4. The van der Waals surface area contributed by atoms with Gasteiger partial charge in [0.1, 0.15) is 0 Å². The maximum Gasteiger partial charge on any atom is 0.253 e. The summed E-state index contributed by atoms with van der Waals surface area (Å²) < 4.78 is 0. The number of carbonyl (C=O) groups excluding carboxylic acids is 1. The standard InChI is InChI=1S/C12H14Cl2N2O/c1-16(9-4-5-15-7-9)12(17)8-2-3-10(13)11(14)6-8/h2-3,6,9,15H,4-5,7H2,1H3/t9-/m0/s1. The van der Waals surface area contributed by atoms with Gasteiger partial charge in [0.25, 0.3) is 5.91 Å². The first kappa shape index (κ1) is 12.7. The van der Waals surface area contributed by atoms with Crippen LogP contribution in [0, 0.1) is 0 Å². The van der Waals surface area contributed by atoms with Gasteiger partial charge in [-0.25, -0.2) is 0 Å². The van der Waals surface area contributed by atoms with Crippen LogP contribution in [0.15, 0.2) is 18.2 Å². The monoisotopic (exact) mass is 272 g/mol. The third kappa shape index (κ3) is 2.73. The van der Waals surface area contributed by atoms with Gasteiger partial charge in [0.05, 0.1) is 10.0 Å². The minimum Gasteiger partial charge on any atom is -0.337 e. The van der Waals surface area contributed by atoms with Crippen LogP contribution < -0.4 is 5.32 Å². The van der Waals surface area contributed by atoms with Crippen molar-refractivity contribution in [2.75, 3.05) is 20.1 Å². The van der Waals surface area contributed by atoms with Gasteiger partial charge in [-0.15, -0.1) is 0 Å². The van der Waals surface area contributed by atoms with Crippen molar-refractivity contribution in [3.05, 3.63) is 33.8 Å². The Morgan fingerprint density at radius 1 is 1.41 bits per heavy atom. The molecule has 1 aromatic rings. The maximum atomic E-state index is 12.2. The van der Waals surface area contributed by atoms with Gasteiger partial charge >= 0.3 is 0 Å². The Labute approximate surface area is 111 Å². The van der Waals surface area contributed by atoms with Crippen molar-refractivity contribution in [1.82, 2.24) is 10.2 Å². The molecule has 1 aliphatic rings. The van der Waals surface area contributed by atoms with E-state index in [1.54, 1.807) is 23.1 Å². The van der Waals surface area contributed by atoms with E-state index in [2.05, 4.69) is 5.32 Å². The van der Waals surface area contributed by atoms with Crippen molar-refractivity contribution in [2.24, 2.45) is 0 Å². The number of hydrogen-bond acceptors (Lipinski definition) is 2. The number of amides is 1. The predicted molar refractivity (Wildman–Crippen MR) is 69.8 cm³/mol. The summed E-state index contributed by atoms with van der Waals surface area (Å²) in [5.74, 6) is -0.0164. The maximum absolute atomic E-state index is 12.2. The molecule has 0 unspecified atom stereocenters. The molecule has 0 spiro atoms. The number of halogens is 2. The fourth-order valence-corrected chi connectivity index (χ4v) is 2.27. The molecule has 2 rings (SSSR count). The molecular weight excluding hydrogens is 259 g/mol. The molecule has 1 atom stereocenters. The van der Waals surface area contributed by atoms with Crippen LogP contribution in [-0.4, -0.2) is 37.0 Å². The van der Waals surface area contributed by atoms with Gasteiger partial charge in [-0.1, -0.05) is 23.2 Å². The van der Waals surface area contributed by atoms with E-state index in [9.17, 15) is 4.79 Å². The molecule has 1 fully saturated rings. The Kier molecular flexibility index (Phi) is 3.92. The molecule has 5 heteroatoms. The summed E-state index contributed by atoms with van der Waals surface area (Å²) in [6.07, 6.45) is 0.990. The highest BCUT2D eigenvalue weighted by Gasteiger charge is 2.24. The SMILES string of the molecule is CN(C(=O)c1ccc(Cl)c(Cl)c1)[C@H]1CCNC1. The third-order valence-corrected chi connectivity index (χ3v) is 3.81. The van der Waals surface area contributed by atoms with Gasteiger partial charge < -0.3 is 10.2 Å². The first-order valence-corrected chi connectivity index (χ1v) is 6.28. The molecule has 0 aromatic heterocycles. The lowest BCUT2D eigenvalue weighted by Crippen LogP contribution is -2.38. The third-order valence-electron chi connectivity index (χ3n) is 3.07. The van der Waals surface area contributed by atoms with Crippen LogP contribution in [0.2, 0.25) is 10.0 Å². The molecule has 0 saturated carbocycles. The highest BCUT2D eigenvalue weighted by atomic mass is 35.5. The molecule has 1 N–H and O–H groups in total. The second-order valence-corrected chi connectivity index (χ2v) is 5.01. The molecule has 17 heavy (non-hydrogen) atoms. The van der Waals surface area contributed by atoms with Crippen LogP contribution in [0.1, 0.15) is 16.8 Å². The van der Waals surface area contributed by atoms with Crippen LogP contribution in [0.5, 0.6) is 0 Å². The Bertz CT molecular complexity index is 431. The highest BCUT2D eigenvalue weighted by Crippen LogP contribution is 2.23. The molecule has 3 nitrogen and oxygen atoms in total. The molecule has 1 saturated heterocycles. The molecule has 1 heterocycles.